The van der Waals surface area contributed by atoms with Gasteiger partial charge in [0.15, 0.2) is 6.61 Å². The molecule has 0 radical (unpaired) electrons. The van der Waals surface area contributed by atoms with Crippen LogP contribution in [0, 0.1) is 0 Å². The Hall–Kier alpha value is -1.11. The number of hydrogen-bond acceptors (Lipinski definition) is 4. The molecule has 0 aliphatic heterocycles. The van der Waals surface area contributed by atoms with Crippen LogP contribution in [-0.4, -0.2) is 24.7 Å². The van der Waals surface area contributed by atoms with Crippen LogP contribution in [0.15, 0.2) is 35.2 Å². The number of rotatable bonds is 5. The summed E-state index contributed by atoms with van der Waals surface area (Å²) in [4.78, 5) is 24.9. The molecule has 0 aliphatic carbocycles. The third-order valence-corrected chi connectivity index (χ3v) is 5.10. The summed E-state index contributed by atoms with van der Waals surface area (Å²) in [6.07, 6.45) is 1.87. The number of hydrogen-bond donors (Lipinski definition) is 1. The number of carbonyl (C=O) groups is 2. The molecule has 0 fully saturated rings. The van der Waals surface area contributed by atoms with Crippen molar-refractivity contribution in [1.82, 2.24) is 0 Å². The van der Waals surface area contributed by atoms with Crippen LogP contribution in [0.5, 0.6) is 0 Å². The molecule has 1 amide bonds. The lowest BCUT2D eigenvalue weighted by Crippen LogP contribution is -2.21. The van der Waals surface area contributed by atoms with Crippen LogP contribution >= 0.6 is 58.2 Å². The van der Waals surface area contributed by atoms with E-state index in [1.54, 1.807) is 18.2 Å². The minimum absolute atomic E-state index is 0.189. The lowest BCUT2D eigenvalue weighted by molar-refractivity contribution is -0.119. The first-order chi connectivity index (χ1) is 11.8. The van der Waals surface area contributed by atoms with Gasteiger partial charge in [0.25, 0.3) is 5.91 Å². The van der Waals surface area contributed by atoms with Crippen molar-refractivity contribution in [1.29, 1.82) is 0 Å². The van der Waals surface area contributed by atoms with Gasteiger partial charge in [0.2, 0.25) is 0 Å². The monoisotopic (exact) mass is 437 g/mol. The Morgan fingerprint density at radius 3 is 2.36 bits per heavy atom. The Kier molecular flexibility index (Phi) is 7.28. The molecule has 0 saturated carbocycles. The Balaban J connectivity index is 2.00. The fourth-order valence-corrected chi connectivity index (χ4v) is 3.03. The molecule has 2 aromatic rings. The predicted octanol–water partition coefficient (Wildman–Crippen LogP) is 5.82. The van der Waals surface area contributed by atoms with Crippen LogP contribution in [0.2, 0.25) is 20.1 Å². The molecule has 0 atom stereocenters. The molecule has 2 aromatic carbocycles. The molecule has 0 aliphatic rings. The first-order valence-electron chi connectivity index (χ1n) is 6.77. The van der Waals surface area contributed by atoms with Crippen LogP contribution in [0.4, 0.5) is 5.69 Å². The van der Waals surface area contributed by atoms with E-state index in [1.165, 1.54) is 23.9 Å². The van der Waals surface area contributed by atoms with E-state index in [0.717, 1.165) is 4.90 Å². The molecule has 0 spiro atoms. The zero-order chi connectivity index (χ0) is 18.6. The molecule has 2 rings (SSSR count). The predicted molar refractivity (Wildman–Crippen MR) is 104 cm³/mol. The Morgan fingerprint density at radius 1 is 1.00 bits per heavy atom. The van der Waals surface area contributed by atoms with Gasteiger partial charge in [-0.05, 0) is 36.6 Å². The SMILES string of the molecule is CSc1ccc(Cl)c(C(=O)OCC(=O)Nc2cc(Cl)c(Cl)cc2Cl)c1. The molecular weight excluding hydrogens is 428 g/mol. The zero-order valence-corrected chi connectivity index (χ0v) is 16.6. The number of anilines is 1. The van der Waals surface area contributed by atoms with Gasteiger partial charge in [0, 0.05) is 4.90 Å². The Labute approximate surface area is 168 Å². The van der Waals surface area contributed by atoms with E-state index in [0.29, 0.717) is 0 Å². The second-order valence-corrected chi connectivity index (χ2v) is 7.22. The number of nitrogens with one attached hydrogen (secondary N) is 1. The number of esters is 1. The summed E-state index contributed by atoms with van der Waals surface area (Å²) in [6.45, 7) is -0.505. The van der Waals surface area contributed by atoms with Crippen LogP contribution in [0.25, 0.3) is 0 Å². The van der Waals surface area contributed by atoms with Gasteiger partial charge < -0.3 is 10.1 Å². The van der Waals surface area contributed by atoms with Crippen molar-refractivity contribution in [3.05, 3.63) is 56.0 Å². The number of benzene rings is 2. The topological polar surface area (TPSA) is 55.4 Å². The maximum absolute atomic E-state index is 12.1. The quantitative estimate of drug-likeness (QED) is 0.363. The van der Waals surface area contributed by atoms with Crippen molar-refractivity contribution in [2.75, 3.05) is 18.2 Å². The van der Waals surface area contributed by atoms with E-state index in [4.69, 9.17) is 51.1 Å². The lowest BCUT2D eigenvalue weighted by atomic mass is 10.2. The molecule has 0 heterocycles. The van der Waals surface area contributed by atoms with Crippen molar-refractivity contribution in [2.24, 2.45) is 0 Å². The Bertz CT molecular complexity index is 829. The molecular formula is C16H11Cl4NO3S. The fourth-order valence-electron chi connectivity index (χ4n) is 1.80. The minimum atomic E-state index is -0.698. The number of halogens is 4. The highest BCUT2D eigenvalue weighted by Crippen LogP contribution is 2.32. The largest absolute Gasteiger partial charge is 0.452 e. The average molecular weight is 439 g/mol. The van der Waals surface area contributed by atoms with Crippen LogP contribution in [0.3, 0.4) is 0 Å². The van der Waals surface area contributed by atoms with E-state index < -0.39 is 18.5 Å². The van der Waals surface area contributed by atoms with Gasteiger partial charge in [-0.15, -0.1) is 11.8 Å². The van der Waals surface area contributed by atoms with Crippen LogP contribution in [0.1, 0.15) is 10.4 Å². The van der Waals surface area contributed by atoms with E-state index in [9.17, 15) is 9.59 Å². The van der Waals surface area contributed by atoms with Gasteiger partial charge in [-0.2, -0.15) is 0 Å². The van der Waals surface area contributed by atoms with Gasteiger partial charge in [-0.1, -0.05) is 46.4 Å². The minimum Gasteiger partial charge on any atom is -0.452 e. The summed E-state index contributed by atoms with van der Waals surface area (Å²) >= 11 is 25.1. The summed E-state index contributed by atoms with van der Waals surface area (Å²) in [5, 5.41) is 3.45. The van der Waals surface area contributed by atoms with Crippen molar-refractivity contribution in [3.8, 4) is 0 Å². The third kappa shape index (κ3) is 5.43. The van der Waals surface area contributed by atoms with Gasteiger partial charge in [-0.25, -0.2) is 4.79 Å². The highest BCUT2D eigenvalue weighted by atomic mass is 35.5. The second-order valence-electron chi connectivity index (χ2n) is 4.72. The van der Waals surface area contributed by atoms with E-state index >= 15 is 0 Å². The van der Waals surface area contributed by atoms with E-state index in [-0.39, 0.29) is 31.3 Å². The summed E-state index contributed by atoms with van der Waals surface area (Å²) in [5.41, 5.74) is 0.452. The number of amides is 1. The van der Waals surface area contributed by atoms with Gasteiger partial charge in [0.1, 0.15) is 0 Å². The van der Waals surface area contributed by atoms with Crippen molar-refractivity contribution < 1.29 is 14.3 Å². The smallest absolute Gasteiger partial charge is 0.340 e. The third-order valence-electron chi connectivity index (χ3n) is 3.01. The van der Waals surface area contributed by atoms with Gasteiger partial charge in [0.05, 0.1) is 31.3 Å². The second kappa shape index (κ2) is 9.01. The molecule has 0 aromatic heterocycles. The van der Waals surface area contributed by atoms with E-state index in [1.807, 2.05) is 6.26 Å². The standard InChI is InChI=1S/C16H11Cl4NO3S/c1-25-8-2-3-10(17)9(4-8)16(23)24-7-15(22)21-14-6-12(19)11(18)5-13(14)20/h2-6H,7H2,1H3,(H,21,22). The van der Waals surface area contributed by atoms with Crippen LogP contribution in [-0.2, 0) is 9.53 Å². The molecule has 1 N–H and O–H groups in total. The molecule has 0 saturated heterocycles. The molecule has 0 unspecified atom stereocenters. The lowest BCUT2D eigenvalue weighted by Gasteiger charge is -2.10. The summed E-state index contributed by atoms with van der Waals surface area (Å²) in [5.74, 6) is -1.28. The summed E-state index contributed by atoms with van der Waals surface area (Å²) in [6, 6.07) is 7.79. The summed E-state index contributed by atoms with van der Waals surface area (Å²) < 4.78 is 4.99. The fraction of sp³-hybridized carbons (Fsp3) is 0.125. The van der Waals surface area contributed by atoms with Crippen LogP contribution < -0.4 is 5.32 Å². The Morgan fingerprint density at radius 2 is 1.68 bits per heavy atom. The van der Waals surface area contributed by atoms with Crippen molar-refractivity contribution in [3.63, 3.8) is 0 Å². The highest BCUT2D eigenvalue weighted by Gasteiger charge is 2.16. The maximum Gasteiger partial charge on any atom is 0.340 e. The highest BCUT2D eigenvalue weighted by molar-refractivity contribution is 7.98. The molecule has 132 valence electrons. The number of carbonyl (C=O) groups excluding carboxylic acids is 2. The van der Waals surface area contributed by atoms with Crippen molar-refractivity contribution >= 4 is 75.7 Å². The van der Waals surface area contributed by atoms with Crippen molar-refractivity contribution in [2.45, 2.75) is 4.90 Å². The number of ether oxygens (including phenoxy) is 1. The van der Waals surface area contributed by atoms with Gasteiger partial charge >= 0.3 is 5.97 Å². The number of thioether (sulfide) groups is 1. The van der Waals surface area contributed by atoms with E-state index in [2.05, 4.69) is 5.32 Å². The molecule has 25 heavy (non-hydrogen) atoms. The normalized spacial score (nSPS) is 10.4. The first kappa shape index (κ1) is 20.2. The zero-order valence-electron chi connectivity index (χ0n) is 12.7. The molecule has 4 nitrogen and oxygen atoms in total. The maximum atomic E-state index is 12.1. The first-order valence-corrected chi connectivity index (χ1v) is 9.50. The average Bonchev–Trinajstić information content (AvgIpc) is 2.58. The molecule has 9 heteroatoms. The summed E-state index contributed by atoms with van der Waals surface area (Å²) in [7, 11) is 0. The molecule has 0 bridgehead atoms. The van der Waals surface area contributed by atoms with Gasteiger partial charge in [-0.3, -0.25) is 4.79 Å².